The molecule has 2 heteroatoms. The normalized spacial score (nSPS) is 10.3. The molecule has 1 heterocycles. The first-order valence-corrected chi connectivity index (χ1v) is 3.66. The molecular weight excluding hydrogens is 158 g/mol. The summed E-state index contributed by atoms with van der Waals surface area (Å²) in [6, 6.07) is 10.4. The van der Waals surface area contributed by atoms with Crippen LogP contribution in [0.1, 0.15) is 0 Å². The lowest BCUT2D eigenvalue weighted by molar-refractivity contribution is 1.41. The Morgan fingerprint density at radius 2 is 2.27 bits per heavy atom. The second-order valence-electron chi connectivity index (χ2n) is 2.24. The van der Waals surface area contributed by atoms with Gasteiger partial charge in [0.1, 0.15) is 0 Å². The summed E-state index contributed by atoms with van der Waals surface area (Å²) in [7, 11) is 0. The van der Waals surface area contributed by atoms with E-state index in [0.717, 1.165) is 15.9 Å². The summed E-state index contributed by atoms with van der Waals surface area (Å²) in [6.45, 7) is 0. The third-order valence-electron chi connectivity index (χ3n) is 1.54. The molecule has 0 bridgehead atoms. The molecule has 0 saturated carbocycles. The summed E-state index contributed by atoms with van der Waals surface area (Å²) >= 11 is 5.90. The number of nitrogens with zero attached hydrogens (tertiary/aromatic N) is 1. The molecule has 0 aliphatic carbocycles. The number of halogens is 1. The monoisotopic (exact) mass is 162 g/mol. The van der Waals surface area contributed by atoms with Gasteiger partial charge in [-0.05, 0) is 18.2 Å². The standard InChI is InChI=1S/C9H5ClN/c10-8-4-1-5-9-7(8)3-2-6-11-9/h1,3-6H. The number of rotatable bonds is 0. The van der Waals surface area contributed by atoms with Gasteiger partial charge >= 0.3 is 0 Å². The van der Waals surface area contributed by atoms with Crippen LogP contribution in [0.3, 0.4) is 0 Å². The number of hydrogen-bond acceptors (Lipinski definition) is 1. The number of aromatic nitrogens is 1. The predicted molar refractivity (Wildman–Crippen MR) is 45.6 cm³/mol. The molecule has 11 heavy (non-hydrogen) atoms. The summed E-state index contributed by atoms with van der Waals surface area (Å²) in [5.74, 6) is 0. The molecule has 0 aliphatic heterocycles. The Bertz CT molecular complexity index is 379. The topological polar surface area (TPSA) is 12.9 Å². The molecular formula is C9H5ClN. The average molecular weight is 163 g/mol. The molecule has 0 saturated heterocycles. The molecule has 1 radical (unpaired) electrons. The van der Waals surface area contributed by atoms with Crippen molar-refractivity contribution in [3.05, 3.63) is 41.6 Å². The molecule has 0 unspecified atom stereocenters. The summed E-state index contributed by atoms with van der Waals surface area (Å²) in [4.78, 5) is 4.10. The van der Waals surface area contributed by atoms with Gasteiger partial charge in [-0.25, -0.2) is 0 Å². The van der Waals surface area contributed by atoms with Gasteiger partial charge in [0.15, 0.2) is 0 Å². The van der Waals surface area contributed by atoms with E-state index >= 15 is 0 Å². The van der Waals surface area contributed by atoms with Gasteiger partial charge in [0.05, 0.1) is 5.52 Å². The van der Waals surface area contributed by atoms with Gasteiger partial charge in [-0.3, -0.25) is 4.98 Å². The smallest absolute Gasteiger partial charge is 0.0717 e. The van der Waals surface area contributed by atoms with E-state index in [1.807, 2.05) is 24.3 Å². The molecule has 1 aromatic heterocycles. The molecule has 53 valence electrons. The van der Waals surface area contributed by atoms with E-state index < -0.39 is 0 Å². The lowest BCUT2D eigenvalue weighted by Gasteiger charge is -1.95. The van der Waals surface area contributed by atoms with Gasteiger partial charge in [-0.15, -0.1) is 0 Å². The molecule has 0 fully saturated rings. The van der Waals surface area contributed by atoms with Crippen LogP contribution in [-0.4, -0.2) is 4.98 Å². The second kappa shape index (κ2) is 2.51. The van der Waals surface area contributed by atoms with Crippen LogP contribution in [0.4, 0.5) is 0 Å². The molecule has 2 rings (SSSR count). The van der Waals surface area contributed by atoms with Crippen LogP contribution in [0.25, 0.3) is 10.9 Å². The lowest BCUT2D eigenvalue weighted by Crippen LogP contribution is -1.76. The van der Waals surface area contributed by atoms with Gasteiger partial charge in [0, 0.05) is 22.7 Å². The van der Waals surface area contributed by atoms with Crippen LogP contribution in [0.15, 0.2) is 30.5 Å². The third-order valence-corrected chi connectivity index (χ3v) is 1.87. The predicted octanol–water partition coefficient (Wildman–Crippen LogP) is 2.69. The number of pyridine rings is 1. The Balaban J connectivity index is 2.91. The average Bonchev–Trinajstić information content (AvgIpc) is 2.06. The minimum atomic E-state index is 0.729. The SMILES string of the molecule is Clc1cccc2nc[c]cc12. The first-order chi connectivity index (χ1) is 5.38. The van der Waals surface area contributed by atoms with E-state index in [9.17, 15) is 0 Å². The highest BCUT2D eigenvalue weighted by Crippen LogP contribution is 2.20. The highest BCUT2D eigenvalue weighted by molar-refractivity contribution is 6.35. The Hall–Kier alpha value is -1.08. The Kier molecular flexibility index (Phi) is 1.51. The van der Waals surface area contributed by atoms with E-state index in [1.54, 1.807) is 6.20 Å². The molecule has 0 aliphatic rings. The molecule has 0 N–H and O–H groups in total. The lowest BCUT2D eigenvalue weighted by atomic mass is 10.2. The molecule has 2 aromatic rings. The summed E-state index contributed by atoms with van der Waals surface area (Å²) < 4.78 is 0. The van der Waals surface area contributed by atoms with Crippen molar-refractivity contribution in [2.24, 2.45) is 0 Å². The largest absolute Gasteiger partial charge is 0.256 e. The Labute approximate surface area is 69.6 Å². The maximum absolute atomic E-state index is 5.90. The van der Waals surface area contributed by atoms with Crippen molar-refractivity contribution in [2.75, 3.05) is 0 Å². The van der Waals surface area contributed by atoms with Crippen LogP contribution in [-0.2, 0) is 0 Å². The van der Waals surface area contributed by atoms with Crippen LogP contribution in [0, 0.1) is 6.07 Å². The van der Waals surface area contributed by atoms with E-state index in [-0.39, 0.29) is 0 Å². The van der Waals surface area contributed by atoms with E-state index in [4.69, 9.17) is 11.6 Å². The summed E-state index contributed by atoms with van der Waals surface area (Å²) in [5, 5.41) is 1.68. The van der Waals surface area contributed by atoms with Crippen molar-refractivity contribution < 1.29 is 0 Å². The first-order valence-electron chi connectivity index (χ1n) is 3.28. The Morgan fingerprint density at radius 1 is 1.36 bits per heavy atom. The Morgan fingerprint density at radius 3 is 3.09 bits per heavy atom. The fourth-order valence-corrected chi connectivity index (χ4v) is 1.23. The van der Waals surface area contributed by atoms with Crippen molar-refractivity contribution in [2.45, 2.75) is 0 Å². The summed E-state index contributed by atoms with van der Waals surface area (Å²) in [6.07, 6.45) is 1.64. The number of fused-ring (bicyclic) bond motifs is 1. The van der Waals surface area contributed by atoms with Crippen LogP contribution < -0.4 is 0 Å². The minimum Gasteiger partial charge on any atom is -0.256 e. The molecule has 0 atom stereocenters. The molecule has 1 nitrogen and oxygen atoms in total. The number of benzene rings is 1. The van der Waals surface area contributed by atoms with Crippen molar-refractivity contribution in [3.8, 4) is 0 Å². The van der Waals surface area contributed by atoms with Crippen molar-refractivity contribution in [3.63, 3.8) is 0 Å². The van der Waals surface area contributed by atoms with Gasteiger partial charge in [0.25, 0.3) is 0 Å². The van der Waals surface area contributed by atoms with Gasteiger partial charge < -0.3 is 0 Å². The van der Waals surface area contributed by atoms with Gasteiger partial charge in [-0.1, -0.05) is 17.7 Å². The fourth-order valence-electron chi connectivity index (χ4n) is 1.01. The summed E-state index contributed by atoms with van der Waals surface area (Å²) in [5.41, 5.74) is 0.913. The maximum atomic E-state index is 5.90. The molecule has 0 amide bonds. The second-order valence-corrected chi connectivity index (χ2v) is 2.65. The first kappa shape index (κ1) is 6.62. The minimum absolute atomic E-state index is 0.729. The van der Waals surface area contributed by atoms with Crippen LogP contribution >= 0.6 is 11.6 Å². The van der Waals surface area contributed by atoms with Gasteiger partial charge in [0.2, 0.25) is 0 Å². The molecule has 0 spiro atoms. The van der Waals surface area contributed by atoms with E-state index in [0.29, 0.717) is 0 Å². The van der Waals surface area contributed by atoms with Crippen molar-refractivity contribution in [1.82, 2.24) is 4.98 Å². The maximum Gasteiger partial charge on any atom is 0.0717 e. The van der Waals surface area contributed by atoms with Crippen molar-refractivity contribution >= 4 is 22.5 Å². The number of hydrogen-bond donors (Lipinski definition) is 0. The van der Waals surface area contributed by atoms with E-state index in [2.05, 4.69) is 11.1 Å². The van der Waals surface area contributed by atoms with Crippen LogP contribution in [0.5, 0.6) is 0 Å². The van der Waals surface area contributed by atoms with Crippen LogP contribution in [0.2, 0.25) is 5.02 Å². The fraction of sp³-hybridized carbons (Fsp3) is 0. The van der Waals surface area contributed by atoms with Gasteiger partial charge in [-0.2, -0.15) is 0 Å². The zero-order valence-electron chi connectivity index (χ0n) is 5.71. The third kappa shape index (κ3) is 1.08. The zero-order chi connectivity index (χ0) is 7.68. The van der Waals surface area contributed by atoms with Crippen molar-refractivity contribution in [1.29, 1.82) is 0 Å². The zero-order valence-corrected chi connectivity index (χ0v) is 6.47. The highest BCUT2D eigenvalue weighted by Gasteiger charge is 1.95. The molecule has 1 aromatic carbocycles. The van der Waals surface area contributed by atoms with E-state index in [1.165, 1.54) is 0 Å². The quantitative estimate of drug-likeness (QED) is 0.581. The highest BCUT2D eigenvalue weighted by atomic mass is 35.5.